The zero-order chi connectivity index (χ0) is 5.33. The van der Waals surface area contributed by atoms with Crippen LogP contribution in [0.4, 0.5) is 0 Å². The van der Waals surface area contributed by atoms with Crippen molar-refractivity contribution in [1.29, 1.82) is 0 Å². The molecule has 0 amide bonds. The van der Waals surface area contributed by atoms with Crippen LogP contribution in [0, 0.1) is 0 Å². The largest absolute Gasteiger partial charge is 0.376 e. The standard InChI is InChI=1S/C5H9NS/c1-5(2)6-3-4-7-5/h3-4,6H,1-2H3. The first-order chi connectivity index (χ1) is 3.21. The third-order valence-corrected chi connectivity index (χ3v) is 1.84. The van der Waals surface area contributed by atoms with Crippen molar-refractivity contribution in [3.05, 3.63) is 11.6 Å². The molecule has 1 rings (SSSR count). The fourth-order valence-electron chi connectivity index (χ4n) is 0.473. The van der Waals surface area contributed by atoms with E-state index >= 15 is 0 Å². The maximum Gasteiger partial charge on any atom is 0.0813 e. The lowest BCUT2D eigenvalue weighted by atomic mass is 10.4. The van der Waals surface area contributed by atoms with Crippen LogP contribution in [0.15, 0.2) is 11.6 Å². The summed E-state index contributed by atoms with van der Waals surface area (Å²) in [6.45, 7) is 4.30. The first-order valence-corrected chi connectivity index (χ1v) is 3.19. The third kappa shape index (κ3) is 1.13. The van der Waals surface area contributed by atoms with E-state index in [2.05, 4.69) is 24.6 Å². The van der Waals surface area contributed by atoms with E-state index in [1.165, 1.54) is 0 Å². The first-order valence-electron chi connectivity index (χ1n) is 2.31. The first kappa shape index (κ1) is 5.04. The molecule has 1 aliphatic heterocycles. The molecule has 1 N–H and O–H groups in total. The van der Waals surface area contributed by atoms with Gasteiger partial charge in [0.15, 0.2) is 0 Å². The van der Waals surface area contributed by atoms with Crippen molar-refractivity contribution in [3.63, 3.8) is 0 Å². The Morgan fingerprint density at radius 1 is 1.57 bits per heavy atom. The molecule has 7 heavy (non-hydrogen) atoms. The van der Waals surface area contributed by atoms with Crippen molar-refractivity contribution in [2.45, 2.75) is 18.7 Å². The van der Waals surface area contributed by atoms with Crippen molar-refractivity contribution in [2.75, 3.05) is 0 Å². The lowest BCUT2D eigenvalue weighted by Crippen LogP contribution is -2.26. The molecule has 0 aromatic carbocycles. The monoisotopic (exact) mass is 115 g/mol. The predicted molar refractivity (Wildman–Crippen MR) is 33.9 cm³/mol. The highest BCUT2D eigenvalue weighted by atomic mass is 32.2. The summed E-state index contributed by atoms with van der Waals surface area (Å²) < 4.78 is 0. The summed E-state index contributed by atoms with van der Waals surface area (Å²) >= 11 is 1.81. The average molecular weight is 115 g/mol. The van der Waals surface area contributed by atoms with Crippen molar-refractivity contribution in [2.24, 2.45) is 0 Å². The van der Waals surface area contributed by atoms with Crippen LogP contribution in [-0.4, -0.2) is 4.87 Å². The lowest BCUT2D eigenvalue weighted by molar-refractivity contribution is 0.653. The van der Waals surface area contributed by atoms with Crippen LogP contribution < -0.4 is 5.32 Å². The van der Waals surface area contributed by atoms with E-state index in [0.29, 0.717) is 0 Å². The van der Waals surface area contributed by atoms with Gasteiger partial charge in [-0.2, -0.15) is 0 Å². The second kappa shape index (κ2) is 1.44. The summed E-state index contributed by atoms with van der Waals surface area (Å²) in [6, 6.07) is 0. The molecule has 1 heterocycles. The topological polar surface area (TPSA) is 12.0 Å². The van der Waals surface area contributed by atoms with Gasteiger partial charge in [0, 0.05) is 6.20 Å². The Bertz CT molecular complexity index is 86.3. The molecule has 0 saturated carbocycles. The maximum absolute atomic E-state index is 3.18. The highest BCUT2D eigenvalue weighted by Gasteiger charge is 2.17. The van der Waals surface area contributed by atoms with Gasteiger partial charge in [0.1, 0.15) is 0 Å². The number of hydrogen-bond donors (Lipinski definition) is 1. The summed E-state index contributed by atoms with van der Waals surface area (Å²) in [4.78, 5) is 0.250. The Balaban J connectivity index is 2.49. The second-order valence-electron chi connectivity index (χ2n) is 2.08. The molecule has 0 aromatic heterocycles. The molecular formula is C5H9NS. The van der Waals surface area contributed by atoms with Gasteiger partial charge in [0.05, 0.1) is 4.87 Å². The molecule has 1 aliphatic rings. The van der Waals surface area contributed by atoms with E-state index < -0.39 is 0 Å². The molecular weight excluding hydrogens is 106 g/mol. The van der Waals surface area contributed by atoms with Gasteiger partial charge in [-0.05, 0) is 19.3 Å². The van der Waals surface area contributed by atoms with Gasteiger partial charge in [-0.1, -0.05) is 0 Å². The molecule has 0 radical (unpaired) electrons. The molecule has 0 saturated heterocycles. The Kier molecular flexibility index (Phi) is 1.04. The van der Waals surface area contributed by atoms with Gasteiger partial charge in [-0.15, -0.1) is 11.8 Å². The van der Waals surface area contributed by atoms with Crippen LogP contribution in [0.3, 0.4) is 0 Å². The molecule has 0 fully saturated rings. The van der Waals surface area contributed by atoms with Crippen molar-refractivity contribution < 1.29 is 0 Å². The van der Waals surface area contributed by atoms with Gasteiger partial charge >= 0.3 is 0 Å². The van der Waals surface area contributed by atoms with Gasteiger partial charge in [0.2, 0.25) is 0 Å². The molecule has 0 spiro atoms. The predicted octanol–water partition coefficient (Wildman–Crippen LogP) is 1.53. The third-order valence-electron chi connectivity index (χ3n) is 0.862. The van der Waals surface area contributed by atoms with Crippen LogP contribution in [0.2, 0.25) is 0 Å². The quantitative estimate of drug-likeness (QED) is 0.514. The summed E-state index contributed by atoms with van der Waals surface area (Å²) in [5.41, 5.74) is 0. The second-order valence-corrected chi connectivity index (χ2v) is 3.60. The highest BCUT2D eigenvalue weighted by Crippen LogP contribution is 2.26. The van der Waals surface area contributed by atoms with E-state index in [0.717, 1.165) is 0 Å². The molecule has 2 heteroatoms. The van der Waals surface area contributed by atoms with E-state index in [1.807, 2.05) is 18.0 Å². The summed E-state index contributed by atoms with van der Waals surface area (Å²) in [7, 11) is 0. The molecule has 0 aromatic rings. The fraction of sp³-hybridized carbons (Fsp3) is 0.600. The van der Waals surface area contributed by atoms with Crippen molar-refractivity contribution >= 4 is 11.8 Å². The molecule has 0 atom stereocenters. The minimum Gasteiger partial charge on any atom is -0.376 e. The molecule has 1 nitrogen and oxygen atoms in total. The van der Waals surface area contributed by atoms with E-state index in [4.69, 9.17) is 0 Å². The zero-order valence-corrected chi connectivity index (χ0v) is 5.38. The molecule has 40 valence electrons. The van der Waals surface area contributed by atoms with Crippen LogP contribution in [0.1, 0.15) is 13.8 Å². The summed E-state index contributed by atoms with van der Waals surface area (Å²) in [6.07, 6.45) is 1.98. The fourth-order valence-corrected chi connectivity index (χ4v) is 1.09. The number of hydrogen-bond acceptors (Lipinski definition) is 2. The van der Waals surface area contributed by atoms with Gasteiger partial charge < -0.3 is 5.32 Å². The minimum atomic E-state index is 0.250. The minimum absolute atomic E-state index is 0.250. The average Bonchev–Trinajstić information content (AvgIpc) is 1.84. The van der Waals surface area contributed by atoms with E-state index in [-0.39, 0.29) is 4.87 Å². The molecule has 0 bridgehead atoms. The lowest BCUT2D eigenvalue weighted by Gasteiger charge is -2.15. The summed E-state index contributed by atoms with van der Waals surface area (Å²) in [5.74, 6) is 0. The Labute approximate surface area is 48.2 Å². The van der Waals surface area contributed by atoms with Gasteiger partial charge in [-0.3, -0.25) is 0 Å². The number of thioether (sulfide) groups is 1. The van der Waals surface area contributed by atoms with Gasteiger partial charge in [-0.25, -0.2) is 0 Å². The maximum atomic E-state index is 3.18. The van der Waals surface area contributed by atoms with E-state index in [1.54, 1.807) is 0 Å². The number of nitrogens with one attached hydrogen (secondary N) is 1. The van der Waals surface area contributed by atoms with Crippen LogP contribution in [0.25, 0.3) is 0 Å². The Hall–Kier alpha value is -0.110. The normalized spacial score (nSPS) is 24.9. The van der Waals surface area contributed by atoms with Gasteiger partial charge in [0.25, 0.3) is 0 Å². The Morgan fingerprint density at radius 2 is 2.29 bits per heavy atom. The van der Waals surface area contributed by atoms with Crippen LogP contribution >= 0.6 is 11.8 Å². The molecule has 0 aliphatic carbocycles. The summed E-state index contributed by atoms with van der Waals surface area (Å²) in [5, 5.41) is 5.25. The van der Waals surface area contributed by atoms with Crippen LogP contribution in [-0.2, 0) is 0 Å². The van der Waals surface area contributed by atoms with Crippen LogP contribution in [0.5, 0.6) is 0 Å². The van der Waals surface area contributed by atoms with Crippen molar-refractivity contribution in [3.8, 4) is 0 Å². The molecule has 0 unspecified atom stereocenters. The highest BCUT2D eigenvalue weighted by molar-refractivity contribution is 8.03. The Morgan fingerprint density at radius 3 is 2.43 bits per heavy atom. The zero-order valence-electron chi connectivity index (χ0n) is 4.56. The number of rotatable bonds is 0. The van der Waals surface area contributed by atoms with E-state index in [9.17, 15) is 0 Å². The smallest absolute Gasteiger partial charge is 0.0813 e. The van der Waals surface area contributed by atoms with Crippen molar-refractivity contribution in [1.82, 2.24) is 5.32 Å². The SMILES string of the molecule is CC1(C)NC=CS1.